The summed E-state index contributed by atoms with van der Waals surface area (Å²) < 4.78 is 6.92. The summed E-state index contributed by atoms with van der Waals surface area (Å²) in [6.45, 7) is 6.06. The van der Waals surface area contributed by atoms with E-state index in [2.05, 4.69) is 27.0 Å². The number of allylic oxidation sites excluding steroid dienone is 1. The van der Waals surface area contributed by atoms with Crippen LogP contribution in [-0.4, -0.2) is 27.9 Å². The molecule has 2 rings (SSSR count). The number of rotatable bonds is 3. The van der Waals surface area contributed by atoms with Gasteiger partial charge < -0.3 is 4.74 Å². The van der Waals surface area contributed by atoms with E-state index < -0.39 is 0 Å². The molecule has 0 bridgehead atoms. The summed E-state index contributed by atoms with van der Waals surface area (Å²) in [7, 11) is 0. The van der Waals surface area contributed by atoms with Crippen molar-refractivity contribution in [3.05, 3.63) is 35.0 Å². The van der Waals surface area contributed by atoms with Crippen LogP contribution in [0, 0.1) is 0 Å². The first-order chi connectivity index (χ1) is 9.37. The van der Waals surface area contributed by atoms with E-state index in [4.69, 9.17) is 4.74 Å². The number of hydrogen-bond donors (Lipinski definition) is 1. The molecule has 0 radical (unpaired) electrons. The molecule has 0 saturated heterocycles. The lowest BCUT2D eigenvalue weighted by molar-refractivity contribution is -0.0614. The molecule has 1 aliphatic carbocycles. The van der Waals surface area contributed by atoms with Crippen LogP contribution in [0.4, 0.5) is 5.82 Å². The molecular weight excluding hydrogens is 320 g/mol. The maximum Gasteiger partial charge on any atom is 0.152 e. The lowest BCUT2D eigenvalue weighted by atomic mass is 9.97. The van der Waals surface area contributed by atoms with Crippen LogP contribution in [-0.2, 0) is 4.74 Å². The molecule has 1 aromatic rings. The van der Waals surface area contributed by atoms with Gasteiger partial charge in [-0.2, -0.15) is 0 Å². The summed E-state index contributed by atoms with van der Waals surface area (Å²) in [5.74, 6) is 0.538. The Morgan fingerprint density at radius 2 is 2.15 bits per heavy atom. The molecule has 0 saturated carbocycles. The number of hydroxylamine groups is 1. The highest BCUT2D eigenvalue weighted by atomic mass is 79.9. The third kappa shape index (κ3) is 4.04. The summed E-state index contributed by atoms with van der Waals surface area (Å²) in [6, 6.07) is 3.54. The molecule has 20 heavy (non-hydrogen) atoms. The molecule has 1 aromatic heterocycles. The van der Waals surface area contributed by atoms with Gasteiger partial charge in [-0.3, -0.25) is 5.21 Å². The fraction of sp³-hybridized carbons (Fsp3) is 0.533. The van der Waals surface area contributed by atoms with E-state index in [-0.39, 0.29) is 17.7 Å². The number of anilines is 1. The van der Waals surface area contributed by atoms with Crippen molar-refractivity contribution in [3.8, 4) is 0 Å². The molecule has 0 aromatic carbocycles. The van der Waals surface area contributed by atoms with E-state index in [1.54, 1.807) is 12.3 Å². The van der Waals surface area contributed by atoms with Crippen molar-refractivity contribution in [3.63, 3.8) is 0 Å². The van der Waals surface area contributed by atoms with Crippen LogP contribution < -0.4 is 5.06 Å². The van der Waals surface area contributed by atoms with Crippen LogP contribution in [0.3, 0.4) is 0 Å². The van der Waals surface area contributed by atoms with Crippen molar-refractivity contribution in [2.75, 3.05) is 5.06 Å². The largest absolute Gasteiger partial charge is 0.366 e. The van der Waals surface area contributed by atoms with Crippen LogP contribution in [0.1, 0.15) is 33.6 Å². The second-order valence-corrected chi connectivity index (χ2v) is 6.86. The van der Waals surface area contributed by atoms with Crippen molar-refractivity contribution in [1.29, 1.82) is 0 Å². The Labute approximate surface area is 128 Å². The minimum atomic E-state index is -0.251. The number of ether oxygens (including phenoxy) is 1. The minimum Gasteiger partial charge on any atom is -0.366 e. The predicted molar refractivity (Wildman–Crippen MR) is 83.0 cm³/mol. The van der Waals surface area contributed by atoms with E-state index in [9.17, 15) is 5.21 Å². The molecule has 1 aliphatic rings. The van der Waals surface area contributed by atoms with Crippen LogP contribution in [0.2, 0.25) is 0 Å². The van der Waals surface area contributed by atoms with Crippen LogP contribution >= 0.6 is 15.9 Å². The minimum absolute atomic E-state index is 0.118. The van der Waals surface area contributed by atoms with Gasteiger partial charge in [-0.1, -0.05) is 12.2 Å². The third-order valence-corrected chi connectivity index (χ3v) is 3.55. The van der Waals surface area contributed by atoms with Gasteiger partial charge in [0.05, 0.1) is 17.7 Å². The van der Waals surface area contributed by atoms with Gasteiger partial charge in [0.15, 0.2) is 5.82 Å². The first kappa shape index (κ1) is 15.5. The first-order valence-electron chi connectivity index (χ1n) is 6.81. The third-order valence-electron chi connectivity index (χ3n) is 3.08. The average Bonchev–Trinajstić information content (AvgIpc) is 2.37. The van der Waals surface area contributed by atoms with E-state index >= 15 is 0 Å². The molecule has 1 N–H and O–H groups in total. The lowest BCUT2D eigenvalue weighted by Gasteiger charge is -2.37. The molecule has 4 nitrogen and oxygen atoms in total. The molecule has 0 spiro atoms. The van der Waals surface area contributed by atoms with Crippen molar-refractivity contribution >= 4 is 21.7 Å². The summed E-state index contributed by atoms with van der Waals surface area (Å²) in [6.07, 6.45) is 7.45. The summed E-state index contributed by atoms with van der Waals surface area (Å²) in [5, 5.41) is 11.7. The van der Waals surface area contributed by atoms with Crippen LogP contribution in [0.5, 0.6) is 0 Å². The fourth-order valence-electron chi connectivity index (χ4n) is 2.25. The van der Waals surface area contributed by atoms with Crippen molar-refractivity contribution < 1.29 is 9.94 Å². The van der Waals surface area contributed by atoms with Gasteiger partial charge in [0.25, 0.3) is 0 Å². The SMILES string of the molecule is CC(C)(C)O[C@@H]1C=CCC[C@H]1N(O)c1ccc(Br)cn1. The summed E-state index contributed by atoms with van der Waals surface area (Å²) in [5.41, 5.74) is -0.251. The Kier molecular flexibility index (Phi) is 4.83. The molecule has 0 unspecified atom stereocenters. The highest BCUT2D eigenvalue weighted by molar-refractivity contribution is 9.10. The zero-order chi connectivity index (χ0) is 14.8. The molecule has 2 atom stereocenters. The highest BCUT2D eigenvalue weighted by Crippen LogP contribution is 2.26. The Hall–Kier alpha value is -0.910. The lowest BCUT2D eigenvalue weighted by Crippen LogP contribution is -2.46. The number of halogens is 1. The zero-order valence-electron chi connectivity index (χ0n) is 12.1. The quantitative estimate of drug-likeness (QED) is 0.668. The average molecular weight is 341 g/mol. The molecule has 5 heteroatoms. The van der Waals surface area contributed by atoms with E-state index in [1.807, 2.05) is 32.9 Å². The predicted octanol–water partition coefficient (Wildman–Crippen LogP) is 3.94. The number of nitrogens with zero attached hydrogens (tertiary/aromatic N) is 2. The first-order valence-corrected chi connectivity index (χ1v) is 7.60. The normalized spacial score (nSPS) is 22.9. The Morgan fingerprint density at radius 3 is 2.75 bits per heavy atom. The molecule has 0 amide bonds. The van der Waals surface area contributed by atoms with Gasteiger partial charge in [-0.25, -0.2) is 10.0 Å². The molecule has 110 valence electrons. The van der Waals surface area contributed by atoms with Gasteiger partial charge in [-0.15, -0.1) is 0 Å². The second kappa shape index (κ2) is 6.24. The van der Waals surface area contributed by atoms with Gasteiger partial charge in [0.2, 0.25) is 0 Å². The molecule has 1 heterocycles. The Morgan fingerprint density at radius 1 is 1.40 bits per heavy atom. The summed E-state index contributed by atoms with van der Waals surface area (Å²) in [4.78, 5) is 4.23. The number of hydrogen-bond acceptors (Lipinski definition) is 4. The molecular formula is C15H21BrN2O2. The summed E-state index contributed by atoms with van der Waals surface area (Å²) >= 11 is 3.34. The van der Waals surface area contributed by atoms with Crippen molar-refractivity contribution in [2.45, 2.75) is 51.4 Å². The fourth-order valence-corrected chi connectivity index (χ4v) is 2.49. The van der Waals surface area contributed by atoms with Crippen molar-refractivity contribution in [2.24, 2.45) is 0 Å². The van der Waals surface area contributed by atoms with Crippen molar-refractivity contribution in [1.82, 2.24) is 4.98 Å². The van der Waals surface area contributed by atoms with Crippen LogP contribution in [0.25, 0.3) is 0 Å². The van der Waals surface area contributed by atoms with Crippen LogP contribution in [0.15, 0.2) is 35.0 Å². The van der Waals surface area contributed by atoms with E-state index in [0.29, 0.717) is 5.82 Å². The number of pyridine rings is 1. The monoisotopic (exact) mass is 340 g/mol. The smallest absolute Gasteiger partial charge is 0.152 e. The van der Waals surface area contributed by atoms with Gasteiger partial charge in [0.1, 0.15) is 0 Å². The topological polar surface area (TPSA) is 45.6 Å². The van der Waals surface area contributed by atoms with Gasteiger partial charge in [0, 0.05) is 10.7 Å². The maximum absolute atomic E-state index is 10.4. The van der Waals surface area contributed by atoms with Gasteiger partial charge in [-0.05, 0) is 61.7 Å². The Balaban J connectivity index is 2.16. The molecule has 0 aliphatic heterocycles. The molecule has 0 fully saturated rings. The number of aromatic nitrogens is 1. The Bertz CT molecular complexity index is 468. The van der Waals surface area contributed by atoms with Gasteiger partial charge >= 0.3 is 0 Å². The standard InChI is InChI=1S/C15H21BrN2O2/c1-15(2,3)20-13-7-5-4-6-12(13)18(19)14-9-8-11(16)10-17-14/h5,7-10,12-13,19H,4,6H2,1-3H3/t12-,13-/m1/s1. The second-order valence-electron chi connectivity index (χ2n) is 5.95. The van der Waals surface area contributed by atoms with E-state index in [0.717, 1.165) is 17.3 Å². The zero-order valence-corrected chi connectivity index (χ0v) is 13.7. The van der Waals surface area contributed by atoms with E-state index in [1.165, 1.54) is 5.06 Å². The highest BCUT2D eigenvalue weighted by Gasteiger charge is 2.31. The maximum atomic E-state index is 10.4.